The summed E-state index contributed by atoms with van der Waals surface area (Å²) in [4.78, 5) is 27.5. The zero-order valence-corrected chi connectivity index (χ0v) is 13.1. The highest BCUT2D eigenvalue weighted by Gasteiger charge is 2.38. The van der Waals surface area contributed by atoms with E-state index in [1.807, 2.05) is 18.2 Å². The van der Waals surface area contributed by atoms with Crippen LogP contribution in [-0.4, -0.2) is 65.2 Å². The molecule has 3 rings (SSSR count). The van der Waals surface area contributed by atoms with E-state index >= 15 is 0 Å². The fourth-order valence-corrected chi connectivity index (χ4v) is 3.31. The average Bonchev–Trinajstić information content (AvgIpc) is 3.05. The number of carboxylic acids is 1. The Morgan fingerprint density at radius 2 is 2.00 bits per heavy atom. The summed E-state index contributed by atoms with van der Waals surface area (Å²) in [5.74, 6) is -1.11. The summed E-state index contributed by atoms with van der Waals surface area (Å²) in [5, 5.41) is 9.23. The number of carbonyl (C=O) groups excluding carboxylic acids is 1. The van der Waals surface area contributed by atoms with Gasteiger partial charge in [-0.1, -0.05) is 30.3 Å². The second-order valence-electron chi connectivity index (χ2n) is 6.11. The van der Waals surface area contributed by atoms with Gasteiger partial charge in [-0.25, -0.2) is 4.79 Å². The minimum Gasteiger partial charge on any atom is -0.480 e. The molecule has 1 N–H and O–H groups in total. The molecular weight excluding hydrogens is 296 g/mol. The van der Waals surface area contributed by atoms with Crippen molar-refractivity contribution in [2.75, 3.05) is 26.2 Å². The Hall–Kier alpha value is -1.92. The minimum absolute atomic E-state index is 0.187. The van der Waals surface area contributed by atoms with Crippen molar-refractivity contribution in [3.63, 3.8) is 0 Å². The lowest BCUT2D eigenvalue weighted by Crippen LogP contribution is -2.53. The molecule has 0 spiro atoms. The molecule has 1 unspecified atom stereocenters. The molecule has 1 amide bonds. The van der Waals surface area contributed by atoms with Gasteiger partial charge >= 0.3 is 5.97 Å². The zero-order chi connectivity index (χ0) is 16.2. The quantitative estimate of drug-likeness (QED) is 0.895. The maximum Gasteiger partial charge on any atom is 0.326 e. The monoisotopic (exact) mass is 318 g/mol. The van der Waals surface area contributed by atoms with Gasteiger partial charge in [0, 0.05) is 26.2 Å². The Morgan fingerprint density at radius 3 is 2.74 bits per heavy atom. The molecule has 23 heavy (non-hydrogen) atoms. The lowest BCUT2D eigenvalue weighted by molar-refractivity contribution is -0.157. The van der Waals surface area contributed by atoms with E-state index in [1.165, 1.54) is 10.5 Å². The third-order valence-corrected chi connectivity index (χ3v) is 4.50. The molecule has 0 bridgehead atoms. The Labute approximate surface area is 135 Å². The van der Waals surface area contributed by atoms with Crippen LogP contribution in [0.4, 0.5) is 0 Å². The van der Waals surface area contributed by atoms with Crippen molar-refractivity contribution in [2.45, 2.75) is 31.5 Å². The highest BCUT2D eigenvalue weighted by Crippen LogP contribution is 2.21. The minimum atomic E-state index is -0.923. The van der Waals surface area contributed by atoms with Gasteiger partial charge in [-0.3, -0.25) is 9.69 Å². The second kappa shape index (κ2) is 7.10. The van der Waals surface area contributed by atoms with E-state index < -0.39 is 18.1 Å². The van der Waals surface area contributed by atoms with Crippen LogP contribution in [-0.2, 0) is 20.9 Å². The number of rotatable bonds is 4. The average molecular weight is 318 g/mol. The molecule has 2 aliphatic heterocycles. The predicted octanol–water partition coefficient (Wildman–Crippen LogP) is 0.963. The highest BCUT2D eigenvalue weighted by atomic mass is 16.5. The normalized spacial score (nSPS) is 25.5. The summed E-state index contributed by atoms with van der Waals surface area (Å²) < 4.78 is 5.62. The lowest BCUT2D eigenvalue weighted by atomic mass is 10.1. The standard InChI is InChI=1S/C17H22N2O4/c20-16(19-8-4-7-14(19)17(21)22)15-12-18(9-10-23-15)11-13-5-2-1-3-6-13/h1-3,5-6,14-15H,4,7-12H2,(H,21,22)/t14-,15?/m0/s1. The van der Waals surface area contributed by atoms with E-state index in [0.717, 1.165) is 19.5 Å². The van der Waals surface area contributed by atoms with Crippen LogP contribution in [0.1, 0.15) is 18.4 Å². The summed E-state index contributed by atoms with van der Waals surface area (Å²) >= 11 is 0. The highest BCUT2D eigenvalue weighted by molar-refractivity contribution is 5.87. The van der Waals surface area contributed by atoms with Crippen LogP contribution in [0.25, 0.3) is 0 Å². The number of carboxylic acid groups (broad SMARTS) is 1. The number of amides is 1. The molecule has 0 radical (unpaired) electrons. The van der Waals surface area contributed by atoms with E-state index in [1.54, 1.807) is 0 Å². The Morgan fingerprint density at radius 1 is 1.22 bits per heavy atom. The molecule has 124 valence electrons. The maximum absolute atomic E-state index is 12.6. The van der Waals surface area contributed by atoms with E-state index in [-0.39, 0.29) is 5.91 Å². The third kappa shape index (κ3) is 3.71. The van der Waals surface area contributed by atoms with Gasteiger partial charge in [0.25, 0.3) is 5.91 Å². The molecular formula is C17H22N2O4. The predicted molar refractivity (Wildman–Crippen MR) is 83.8 cm³/mol. The number of carbonyl (C=O) groups is 2. The van der Waals surface area contributed by atoms with Gasteiger partial charge in [0.15, 0.2) is 0 Å². The van der Waals surface area contributed by atoms with Crippen molar-refractivity contribution in [1.29, 1.82) is 0 Å². The summed E-state index contributed by atoms with van der Waals surface area (Å²) in [6.07, 6.45) is 0.706. The molecule has 0 saturated carbocycles. The molecule has 6 nitrogen and oxygen atoms in total. The van der Waals surface area contributed by atoms with Crippen LogP contribution < -0.4 is 0 Å². The number of aliphatic carboxylic acids is 1. The number of morpholine rings is 1. The number of hydrogen-bond acceptors (Lipinski definition) is 4. The molecule has 0 aliphatic carbocycles. The first-order valence-corrected chi connectivity index (χ1v) is 8.06. The molecule has 1 aromatic carbocycles. The molecule has 6 heteroatoms. The molecule has 0 aromatic heterocycles. The number of nitrogens with zero attached hydrogens (tertiary/aromatic N) is 2. The Kier molecular flexibility index (Phi) is 4.93. The molecule has 2 aliphatic rings. The summed E-state index contributed by atoms with van der Waals surface area (Å²) in [5.41, 5.74) is 1.20. The molecule has 2 heterocycles. The SMILES string of the molecule is O=C(O)[C@@H]1CCCN1C(=O)C1CN(Cc2ccccc2)CCO1. The first-order chi connectivity index (χ1) is 11.1. The molecule has 2 saturated heterocycles. The van der Waals surface area contributed by atoms with E-state index in [2.05, 4.69) is 17.0 Å². The van der Waals surface area contributed by atoms with Gasteiger partial charge in [-0.05, 0) is 18.4 Å². The number of hydrogen-bond donors (Lipinski definition) is 1. The lowest BCUT2D eigenvalue weighted by Gasteiger charge is -2.34. The van der Waals surface area contributed by atoms with Crippen LogP contribution in [0.3, 0.4) is 0 Å². The van der Waals surface area contributed by atoms with Crippen LogP contribution in [0.5, 0.6) is 0 Å². The van der Waals surface area contributed by atoms with Crippen LogP contribution in [0.2, 0.25) is 0 Å². The smallest absolute Gasteiger partial charge is 0.326 e. The topological polar surface area (TPSA) is 70.1 Å². The van der Waals surface area contributed by atoms with Gasteiger partial charge in [0.1, 0.15) is 12.1 Å². The van der Waals surface area contributed by atoms with E-state index in [4.69, 9.17) is 4.74 Å². The molecule has 1 aromatic rings. The van der Waals surface area contributed by atoms with E-state index in [0.29, 0.717) is 26.1 Å². The third-order valence-electron chi connectivity index (χ3n) is 4.50. The fourth-order valence-electron chi connectivity index (χ4n) is 3.31. The van der Waals surface area contributed by atoms with Crippen LogP contribution in [0, 0.1) is 0 Å². The van der Waals surface area contributed by atoms with Crippen molar-refractivity contribution >= 4 is 11.9 Å². The number of likely N-dealkylation sites (tertiary alicyclic amines) is 1. The van der Waals surface area contributed by atoms with Crippen LogP contribution in [0.15, 0.2) is 30.3 Å². The summed E-state index contributed by atoms with van der Waals surface area (Å²) in [6, 6.07) is 9.41. The van der Waals surface area contributed by atoms with Crippen molar-refractivity contribution in [3.05, 3.63) is 35.9 Å². The number of ether oxygens (including phenoxy) is 1. The zero-order valence-electron chi connectivity index (χ0n) is 13.1. The van der Waals surface area contributed by atoms with Crippen molar-refractivity contribution in [3.8, 4) is 0 Å². The van der Waals surface area contributed by atoms with Gasteiger partial charge in [0.05, 0.1) is 6.61 Å². The summed E-state index contributed by atoms with van der Waals surface area (Å²) in [7, 11) is 0. The first-order valence-electron chi connectivity index (χ1n) is 8.06. The molecule has 2 fully saturated rings. The van der Waals surface area contributed by atoms with Crippen molar-refractivity contribution in [1.82, 2.24) is 9.80 Å². The Balaban J connectivity index is 1.61. The van der Waals surface area contributed by atoms with Crippen molar-refractivity contribution < 1.29 is 19.4 Å². The fraction of sp³-hybridized carbons (Fsp3) is 0.529. The second-order valence-corrected chi connectivity index (χ2v) is 6.11. The largest absolute Gasteiger partial charge is 0.480 e. The van der Waals surface area contributed by atoms with E-state index in [9.17, 15) is 14.7 Å². The van der Waals surface area contributed by atoms with Crippen molar-refractivity contribution in [2.24, 2.45) is 0 Å². The Bertz CT molecular complexity index is 563. The summed E-state index contributed by atoms with van der Waals surface area (Å²) in [6.45, 7) is 3.07. The van der Waals surface area contributed by atoms with Gasteiger partial charge in [0.2, 0.25) is 0 Å². The van der Waals surface area contributed by atoms with Gasteiger partial charge in [-0.15, -0.1) is 0 Å². The molecule has 2 atom stereocenters. The van der Waals surface area contributed by atoms with Crippen LogP contribution >= 0.6 is 0 Å². The number of benzene rings is 1. The van der Waals surface area contributed by atoms with Gasteiger partial charge < -0.3 is 14.7 Å². The maximum atomic E-state index is 12.6. The van der Waals surface area contributed by atoms with Gasteiger partial charge in [-0.2, -0.15) is 0 Å². The first kappa shape index (κ1) is 16.0.